The molecule has 1 N–H and O–H groups in total. The molecular formula is C21H17NO2. The second-order valence-electron chi connectivity index (χ2n) is 5.99. The molecule has 3 aromatic carbocycles. The first-order valence-corrected chi connectivity index (χ1v) is 7.96. The van der Waals surface area contributed by atoms with Gasteiger partial charge in [0.05, 0.1) is 0 Å². The number of hydrogen-bond donors (Lipinski definition) is 1. The highest BCUT2D eigenvalue weighted by Crippen LogP contribution is 2.37. The number of anilines is 1. The normalized spacial score (nSPS) is 11.5. The number of amides is 1. The molecule has 3 aromatic rings. The van der Waals surface area contributed by atoms with E-state index in [0.717, 1.165) is 17.7 Å². The van der Waals surface area contributed by atoms with Gasteiger partial charge in [-0.3, -0.25) is 5.32 Å². The topological polar surface area (TPSA) is 38.3 Å². The van der Waals surface area contributed by atoms with Crippen LogP contribution in [-0.2, 0) is 6.42 Å². The number of aryl methyl sites for hydroxylation is 1. The molecule has 3 heteroatoms. The van der Waals surface area contributed by atoms with Gasteiger partial charge in [-0.05, 0) is 59.4 Å². The molecule has 0 aromatic heterocycles. The summed E-state index contributed by atoms with van der Waals surface area (Å²) >= 11 is 0. The van der Waals surface area contributed by atoms with Crippen LogP contribution in [0.5, 0.6) is 5.75 Å². The summed E-state index contributed by atoms with van der Waals surface area (Å²) in [5.74, 6) is 0.573. The van der Waals surface area contributed by atoms with E-state index in [2.05, 4.69) is 35.6 Å². The molecule has 0 saturated heterocycles. The quantitative estimate of drug-likeness (QED) is 0.553. The minimum atomic E-state index is -0.472. The molecule has 0 fully saturated rings. The Balaban J connectivity index is 1.52. The van der Waals surface area contributed by atoms with Crippen molar-refractivity contribution in [1.82, 2.24) is 0 Å². The SMILES string of the molecule is Cc1ccccc1OC(=O)Nc1ccc2c(c1)Cc1ccccc1-2. The molecule has 0 unspecified atom stereocenters. The predicted molar refractivity (Wildman–Crippen MR) is 95.5 cm³/mol. The average Bonchev–Trinajstić information content (AvgIpc) is 2.94. The van der Waals surface area contributed by atoms with Gasteiger partial charge in [0.15, 0.2) is 0 Å². The lowest BCUT2D eigenvalue weighted by Gasteiger charge is -2.10. The molecule has 24 heavy (non-hydrogen) atoms. The largest absolute Gasteiger partial charge is 0.417 e. The fourth-order valence-corrected chi connectivity index (χ4v) is 3.14. The van der Waals surface area contributed by atoms with E-state index in [4.69, 9.17) is 4.74 Å². The van der Waals surface area contributed by atoms with E-state index in [9.17, 15) is 4.79 Å². The third-order valence-corrected chi connectivity index (χ3v) is 4.34. The number of fused-ring (bicyclic) bond motifs is 3. The van der Waals surface area contributed by atoms with E-state index < -0.39 is 6.09 Å². The number of para-hydroxylation sites is 1. The van der Waals surface area contributed by atoms with E-state index >= 15 is 0 Å². The third-order valence-electron chi connectivity index (χ3n) is 4.34. The highest BCUT2D eigenvalue weighted by Gasteiger charge is 2.18. The predicted octanol–water partition coefficient (Wildman–Crippen LogP) is 5.18. The molecule has 0 saturated carbocycles. The molecule has 0 aliphatic heterocycles. The zero-order valence-corrected chi connectivity index (χ0v) is 13.4. The summed E-state index contributed by atoms with van der Waals surface area (Å²) in [5.41, 5.74) is 6.75. The lowest BCUT2D eigenvalue weighted by atomic mass is 10.1. The van der Waals surface area contributed by atoms with Crippen molar-refractivity contribution in [2.24, 2.45) is 0 Å². The minimum Gasteiger partial charge on any atom is -0.410 e. The molecular weight excluding hydrogens is 298 g/mol. The van der Waals surface area contributed by atoms with E-state index in [-0.39, 0.29) is 0 Å². The first-order valence-electron chi connectivity index (χ1n) is 7.96. The van der Waals surface area contributed by atoms with Crippen LogP contribution in [0, 0.1) is 6.92 Å². The van der Waals surface area contributed by atoms with Gasteiger partial charge in [0.2, 0.25) is 0 Å². The van der Waals surface area contributed by atoms with Gasteiger partial charge in [0.1, 0.15) is 5.75 Å². The lowest BCUT2D eigenvalue weighted by Crippen LogP contribution is -2.17. The molecule has 1 aliphatic carbocycles. The van der Waals surface area contributed by atoms with Gasteiger partial charge in [-0.15, -0.1) is 0 Å². The van der Waals surface area contributed by atoms with Crippen LogP contribution in [-0.4, -0.2) is 6.09 Å². The van der Waals surface area contributed by atoms with Crippen molar-refractivity contribution in [3.05, 3.63) is 83.4 Å². The van der Waals surface area contributed by atoms with E-state index in [1.807, 2.05) is 37.3 Å². The Hall–Kier alpha value is -3.07. The zero-order chi connectivity index (χ0) is 16.5. The summed E-state index contributed by atoms with van der Waals surface area (Å²) in [4.78, 5) is 12.1. The van der Waals surface area contributed by atoms with Gasteiger partial charge >= 0.3 is 6.09 Å². The van der Waals surface area contributed by atoms with Gasteiger partial charge in [0.25, 0.3) is 0 Å². The minimum absolute atomic E-state index is 0.472. The number of hydrogen-bond acceptors (Lipinski definition) is 2. The van der Waals surface area contributed by atoms with Crippen LogP contribution >= 0.6 is 0 Å². The molecule has 0 spiro atoms. The molecule has 1 aliphatic rings. The van der Waals surface area contributed by atoms with Gasteiger partial charge in [-0.2, -0.15) is 0 Å². The highest BCUT2D eigenvalue weighted by molar-refractivity contribution is 5.88. The van der Waals surface area contributed by atoms with Crippen molar-refractivity contribution >= 4 is 11.8 Å². The van der Waals surface area contributed by atoms with E-state index in [1.165, 1.54) is 22.3 Å². The fraction of sp³-hybridized carbons (Fsp3) is 0.0952. The molecule has 0 atom stereocenters. The maximum absolute atomic E-state index is 12.1. The molecule has 0 heterocycles. The fourth-order valence-electron chi connectivity index (χ4n) is 3.14. The lowest BCUT2D eigenvalue weighted by molar-refractivity contribution is 0.215. The third kappa shape index (κ3) is 2.65. The second-order valence-corrected chi connectivity index (χ2v) is 5.99. The number of carbonyl (C=O) groups excluding carboxylic acids is 1. The smallest absolute Gasteiger partial charge is 0.410 e. The van der Waals surface area contributed by atoms with Crippen LogP contribution in [0.25, 0.3) is 11.1 Å². The Morgan fingerprint density at radius 1 is 0.917 bits per heavy atom. The molecule has 0 bridgehead atoms. The summed E-state index contributed by atoms with van der Waals surface area (Å²) in [6.07, 6.45) is 0.424. The van der Waals surface area contributed by atoms with Crippen molar-refractivity contribution < 1.29 is 9.53 Å². The summed E-state index contributed by atoms with van der Waals surface area (Å²) in [6.45, 7) is 1.91. The van der Waals surface area contributed by atoms with Crippen molar-refractivity contribution in [3.63, 3.8) is 0 Å². The maximum atomic E-state index is 12.1. The van der Waals surface area contributed by atoms with Crippen LogP contribution in [0.4, 0.5) is 10.5 Å². The van der Waals surface area contributed by atoms with E-state index in [1.54, 1.807) is 6.07 Å². The first-order chi connectivity index (χ1) is 11.7. The summed E-state index contributed by atoms with van der Waals surface area (Å²) in [7, 11) is 0. The van der Waals surface area contributed by atoms with Crippen LogP contribution in [0.2, 0.25) is 0 Å². The Morgan fingerprint density at radius 2 is 1.67 bits per heavy atom. The maximum Gasteiger partial charge on any atom is 0.417 e. The summed E-state index contributed by atoms with van der Waals surface area (Å²) < 4.78 is 5.38. The van der Waals surface area contributed by atoms with Gasteiger partial charge in [-0.1, -0.05) is 48.5 Å². The van der Waals surface area contributed by atoms with Crippen molar-refractivity contribution in [1.29, 1.82) is 0 Å². The van der Waals surface area contributed by atoms with Gasteiger partial charge in [-0.25, -0.2) is 4.79 Å². The number of carbonyl (C=O) groups is 1. The number of rotatable bonds is 2. The first kappa shape index (κ1) is 14.5. The molecule has 3 nitrogen and oxygen atoms in total. The number of nitrogens with one attached hydrogen (secondary N) is 1. The van der Waals surface area contributed by atoms with Crippen LogP contribution in [0.15, 0.2) is 66.7 Å². The van der Waals surface area contributed by atoms with Gasteiger partial charge in [0, 0.05) is 5.69 Å². The molecule has 118 valence electrons. The summed E-state index contributed by atoms with van der Waals surface area (Å²) in [6, 6.07) is 21.9. The summed E-state index contributed by atoms with van der Waals surface area (Å²) in [5, 5.41) is 2.81. The van der Waals surface area contributed by atoms with Crippen molar-refractivity contribution in [2.45, 2.75) is 13.3 Å². The zero-order valence-electron chi connectivity index (χ0n) is 13.4. The van der Waals surface area contributed by atoms with Gasteiger partial charge < -0.3 is 4.74 Å². The second kappa shape index (κ2) is 5.85. The molecule has 0 radical (unpaired) electrons. The Labute approximate surface area is 140 Å². The molecule has 1 amide bonds. The van der Waals surface area contributed by atoms with E-state index in [0.29, 0.717) is 5.75 Å². The monoisotopic (exact) mass is 315 g/mol. The Morgan fingerprint density at radius 3 is 2.54 bits per heavy atom. The number of ether oxygens (including phenoxy) is 1. The van der Waals surface area contributed by atoms with Crippen LogP contribution in [0.1, 0.15) is 16.7 Å². The standard InChI is InChI=1S/C21H17NO2/c1-14-6-2-5-9-20(14)24-21(23)22-17-10-11-19-16(13-17)12-15-7-3-4-8-18(15)19/h2-11,13H,12H2,1H3,(H,22,23). The molecule has 4 rings (SSSR count). The highest BCUT2D eigenvalue weighted by atomic mass is 16.6. The van der Waals surface area contributed by atoms with Crippen LogP contribution in [0.3, 0.4) is 0 Å². The van der Waals surface area contributed by atoms with Crippen molar-refractivity contribution in [2.75, 3.05) is 5.32 Å². The Kier molecular flexibility index (Phi) is 3.54. The number of benzene rings is 3. The van der Waals surface area contributed by atoms with Crippen molar-refractivity contribution in [3.8, 4) is 16.9 Å². The Bertz CT molecular complexity index is 931. The average molecular weight is 315 g/mol. The van der Waals surface area contributed by atoms with Crippen LogP contribution < -0.4 is 10.1 Å².